The molecule has 1 aromatic rings. The maximum Gasteiger partial charge on any atom is 0.131 e. The van der Waals surface area contributed by atoms with Crippen LogP contribution >= 0.6 is 0 Å². The highest BCUT2D eigenvalue weighted by Crippen LogP contribution is 2.27. The molecule has 0 saturated heterocycles. The molecular formula is C15H25N3O. The summed E-state index contributed by atoms with van der Waals surface area (Å²) < 4.78 is 5.29. The second kappa shape index (κ2) is 6.96. The largest absolute Gasteiger partial charge is 0.381 e. The fourth-order valence-corrected chi connectivity index (χ4v) is 2.65. The van der Waals surface area contributed by atoms with Crippen molar-refractivity contribution in [2.75, 3.05) is 13.7 Å². The van der Waals surface area contributed by atoms with Crippen molar-refractivity contribution in [2.24, 2.45) is 0 Å². The Labute approximate surface area is 116 Å². The number of hydrogen-bond donors (Lipinski definition) is 1. The first kappa shape index (κ1) is 14.4. The van der Waals surface area contributed by atoms with Crippen LogP contribution in [0.1, 0.15) is 56.2 Å². The number of rotatable bonds is 5. The smallest absolute Gasteiger partial charge is 0.131 e. The highest BCUT2D eigenvalue weighted by molar-refractivity contribution is 5.23. The average molecular weight is 263 g/mol. The summed E-state index contributed by atoms with van der Waals surface area (Å²) in [6, 6.07) is 0.427. The zero-order valence-electron chi connectivity index (χ0n) is 12.3. The number of hydrogen-bond acceptors (Lipinski definition) is 4. The highest BCUT2D eigenvalue weighted by atomic mass is 16.5. The standard InChI is InChI=1S/C15H25N3O/c1-4-16-13-7-5-6-8-14-12(13)10-17-15(18-14)9-11(2)19-3/h10-11,13,16H,4-9H2,1-3H3. The number of aromatic nitrogens is 2. The molecule has 1 N–H and O–H groups in total. The van der Waals surface area contributed by atoms with Gasteiger partial charge in [-0.3, -0.25) is 0 Å². The molecule has 2 rings (SSSR count). The molecule has 1 aliphatic rings. The summed E-state index contributed by atoms with van der Waals surface area (Å²) in [6.45, 7) is 5.20. The van der Waals surface area contributed by atoms with Crippen LogP contribution in [-0.4, -0.2) is 29.7 Å². The van der Waals surface area contributed by atoms with Gasteiger partial charge < -0.3 is 10.1 Å². The number of nitrogens with zero attached hydrogens (tertiary/aromatic N) is 2. The molecule has 2 unspecified atom stereocenters. The summed E-state index contributed by atoms with van der Waals surface area (Å²) in [5.74, 6) is 0.908. The SMILES string of the molecule is CCNC1CCCCc2nc(CC(C)OC)ncc21. The van der Waals surface area contributed by atoms with E-state index < -0.39 is 0 Å². The van der Waals surface area contributed by atoms with Crippen molar-refractivity contribution in [1.29, 1.82) is 0 Å². The molecule has 0 bridgehead atoms. The molecule has 2 atom stereocenters. The Morgan fingerprint density at radius 1 is 1.47 bits per heavy atom. The molecule has 0 radical (unpaired) electrons. The van der Waals surface area contributed by atoms with Crippen LogP contribution in [0.3, 0.4) is 0 Å². The third-order valence-corrected chi connectivity index (χ3v) is 3.80. The number of aryl methyl sites for hydroxylation is 1. The van der Waals surface area contributed by atoms with Gasteiger partial charge in [-0.05, 0) is 32.7 Å². The number of methoxy groups -OCH3 is 1. The van der Waals surface area contributed by atoms with Gasteiger partial charge in [0.1, 0.15) is 5.82 Å². The lowest BCUT2D eigenvalue weighted by Gasteiger charge is -2.18. The Morgan fingerprint density at radius 2 is 2.32 bits per heavy atom. The molecule has 0 spiro atoms. The predicted molar refractivity (Wildman–Crippen MR) is 76.2 cm³/mol. The van der Waals surface area contributed by atoms with E-state index in [0.29, 0.717) is 6.04 Å². The van der Waals surface area contributed by atoms with Gasteiger partial charge in [-0.25, -0.2) is 9.97 Å². The van der Waals surface area contributed by atoms with E-state index >= 15 is 0 Å². The molecule has 106 valence electrons. The summed E-state index contributed by atoms with van der Waals surface area (Å²) >= 11 is 0. The van der Waals surface area contributed by atoms with E-state index in [1.807, 2.05) is 6.20 Å². The van der Waals surface area contributed by atoms with Crippen molar-refractivity contribution in [2.45, 2.75) is 58.1 Å². The molecule has 1 aromatic heterocycles. The van der Waals surface area contributed by atoms with E-state index in [-0.39, 0.29) is 6.10 Å². The lowest BCUT2D eigenvalue weighted by atomic mass is 10.0. The first-order valence-corrected chi connectivity index (χ1v) is 7.35. The van der Waals surface area contributed by atoms with Crippen LogP contribution in [0.2, 0.25) is 0 Å². The summed E-state index contributed by atoms with van der Waals surface area (Å²) in [4.78, 5) is 9.29. The van der Waals surface area contributed by atoms with Gasteiger partial charge in [-0.1, -0.05) is 13.3 Å². The first-order chi connectivity index (χ1) is 9.24. The van der Waals surface area contributed by atoms with Crippen molar-refractivity contribution < 1.29 is 4.74 Å². The number of ether oxygens (including phenoxy) is 1. The molecule has 0 fully saturated rings. The molecule has 4 nitrogen and oxygen atoms in total. The van der Waals surface area contributed by atoms with Crippen molar-refractivity contribution in [3.05, 3.63) is 23.3 Å². The van der Waals surface area contributed by atoms with Crippen LogP contribution in [0, 0.1) is 0 Å². The normalized spacial score (nSPS) is 20.7. The molecule has 0 aliphatic heterocycles. The van der Waals surface area contributed by atoms with Gasteiger partial charge >= 0.3 is 0 Å². The summed E-state index contributed by atoms with van der Waals surface area (Å²) in [6.07, 6.45) is 7.75. The average Bonchev–Trinajstić information content (AvgIpc) is 2.61. The number of nitrogens with one attached hydrogen (secondary N) is 1. The van der Waals surface area contributed by atoms with Gasteiger partial charge in [0.15, 0.2) is 0 Å². The quantitative estimate of drug-likeness (QED) is 0.829. The van der Waals surface area contributed by atoms with Gasteiger partial charge in [-0.15, -0.1) is 0 Å². The fraction of sp³-hybridized carbons (Fsp3) is 0.733. The Bertz CT molecular complexity index is 408. The van der Waals surface area contributed by atoms with Crippen molar-refractivity contribution >= 4 is 0 Å². The van der Waals surface area contributed by atoms with Crippen LogP contribution < -0.4 is 5.32 Å². The Morgan fingerprint density at radius 3 is 3.05 bits per heavy atom. The molecule has 1 aliphatic carbocycles. The first-order valence-electron chi connectivity index (χ1n) is 7.35. The second-order valence-electron chi connectivity index (χ2n) is 5.29. The lowest BCUT2D eigenvalue weighted by Crippen LogP contribution is -2.22. The highest BCUT2D eigenvalue weighted by Gasteiger charge is 2.20. The van der Waals surface area contributed by atoms with Crippen molar-refractivity contribution in [1.82, 2.24) is 15.3 Å². The molecular weight excluding hydrogens is 238 g/mol. The van der Waals surface area contributed by atoms with E-state index in [4.69, 9.17) is 9.72 Å². The molecule has 1 heterocycles. The maximum absolute atomic E-state index is 5.29. The number of fused-ring (bicyclic) bond motifs is 1. The minimum absolute atomic E-state index is 0.174. The lowest BCUT2D eigenvalue weighted by molar-refractivity contribution is 0.117. The third-order valence-electron chi connectivity index (χ3n) is 3.80. The van der Waals surface area contributed by atoms with E-state index in [1.54, 1.807) is 7.11 Å². The molecule has 4 heteroatoms. The summed E-state index contributed by atoms with van der Waals surface area (Å²) in [7, 11) is 1.73. The van der Waals surface area contributed by atoms with Gasteiger partial charge in [0, 0.05) is 37.0 Å². The van der Waals surface area contributed by atoms with Crippen LogP contribution in [0.5, 0.6) is 0 Å². The topological polar surface area (TPSA) is 47.0 Å². The van der Waals surface area contributed by atoms with Crippen molar-refractivity contribution in [3.8, 4) is 0 Å². The monoisotopic (exact) mass is 263 g/mol. The summed E-state index contributed by atoms with van der Waals surface area (Å²) in [5.41, 5.74) is 2.53. The van der Waals surface area contributed by atoms with Crippen LogP contribution in [0.15, 0.2) is 6.20 Å². The van der Waals surface area contributed by atoms with Crippen molar-refractivity contribution in [3.63, 3.8) is 0 Å². The van der Waals surface area contributed by atoms with E-state index in [2.05, 4.69) is 24.1 Å². The molecule has 0 amide bonds. The van der Waals surface area contributed by atoms with E-state index in [1.165, 1.54) is 30.5 Å². The van der Waals surface area contributed by atoms with E-state index in [0.717, 1.165) is 25.2 Å². The van der Waals surface area contributed by atoms with Gasteiger partial charge in [0.05, 0.1) is 6.10 Å². The molecule has 0 aromatic carbocycles. The Hall–Kier alpha value is -1.00. The summed E-state index contributed by atoms with van der Waals surface area (Å²) in [5, 5.41) is 3.55. The van der Waals surface area contributed by atoms with Gasteiger partial charge in [0.25, 0.3) is 0 Å². The second-order valence-corrected chi connectivity index (χ2v) is 5.29. The minimum atomic E-state index is 0.174. The van der Waals surface area contributed by atoms with E-state index in [9.17, 15) is 0 Å². The zero-order valence-corrected chi connectivity index (χ0v) is 12.3. The Balaban J connectivity index is 2.20. The molecule has 19 heavy (non-hydrogen) atoms. The Kier molecular flexibility index (Phi) is 5.28. The minimum Gasteiger partial charge on any atom is -0.381 e. The van der Waals surface area contributed by atoms with Crippen LogP contribution in [0.4, 0.5) is 0 Å². The van der Waals surface area contributed by atoms with Gasteiger partial charge in [0.2, 0.25) is 0 Å². The third kappa shape index (κ3) is 3.74. The fourth-order valence-electron chi connectivity index (χ4n) is 2.65. The molecule has 0 saturated carbocycles. The zero-order chi connectivity index (χ0) is 13.7. The van der Waals surface area contributed by atoms with Crippen LogP contribution in [0.25, 0.3) is 0 Å². The maximum atomic E-state index is 5.29. The van der Waals surface area contributed by atoms with Gasteiger partial charge in [-0.2, -0.15) is 0 Å². The predicted octanol–water partition coefficient (Wildman–Crippen LogP) is 2.43. The van der Waals surface area contributed by atoms with Crippen LogP contribution in [-0.2, 0) is 17.6 Å².